The van der Waals surface area contributed by atoms with E-state index in [1.54, 1.807) is 25.1 Å². The molecule has 0 fully saturated rings. The number of ether oxygens (including phenoxy) is 1. The van der Waals surface area contributed by atoms with Crippen molar-refractivity contribution in [3.63, 3.8) is 0 Å². The number of rotatable bonds is 4. The van der Waals surface area contributed by atoms with Gasteiger partial charge in [-0.1, -0.05) is 18.2 Å². The van der Waals surface area contributed by atoms with E-state index in [9.17, 15) is 14.0 Å². The molecule has 0 saturated heterocycles. The Morgan fingerprint density at radius 3 is 2.25 bits per heavy atom. The average Bonchev–Trinajstić information content (AvgIpc) is 3.20. The van der Waals surface area contributed by atoms with Gasteiger partial charge in [-0.3, -0.25) is 9.69 Å². The van der Waals surface area contributed by atoms with Crippen LogP contribution < -0.4 is 4.90 Å². The maximum Gasteiger partial charge on any atom is 0.340 e. The van der Waals surface area contributed by atoms with Gasteiger partial charge in [0, 0.05) is 28.5 Å². The molecule has 0 N–H and O–H groups in total. The Hall–Kier alpha value is -3.93. The van der Waals surface area contributed by atoms with Crippen LogP contribution in [0.1, 0.15) is 23.9 Å². The maximum atomic E-state index is 13.4. The Kier molecular flexibility index (Phi) is 5.53. The number of carbonyl (C=O) groups is 2. The number of esters is 1. The quantitative estimate of drug-likeness (QED) is 0.427. The predicted molar refractivity (Wildman–Crippen MR) is 122 cm³/mol. The zero-order valence-electron chi connectivity index (χ0n) is 18.3. The highest BCUT2D eigenvalue weighted by atomic mass is 19.1. The van der Waals surface area contributed by atoms with Gasteiger partial charge in [0.15, 0.2) is 0 Å². The number of halogens is 1. The van der Waals surface area contributed by atoms with Crippen molar-refractivity contribution in [3.8, 4) is 5.69 Å². The van der Waals surface area contributed by atoms with Gasteiger partial charge >= 0.3 is 5.97 Å². The molecular weight excluding hydrogens is 407 g/mol. The van der Waals surface area contributed by atoms with Crippen molar-refractivity contribution in [2.24, 2.45) is 0 Å². The van der Waals surface area contributed by atoms with E-state index < -0.39 is 5.97 Å². The third-order valence-electron chi connectivity index (χ3n) is 5.66. The fourth-order valence-electron chi connectivity index (χ4n) is 4.14. The lowest BCUT2D eigenvalue weighted by Crippen LogP contribution is -2.24. The number of benzene rings is 2. The first-order chi connectivity index (χ1) is 15.3. The van der Waals surface area contributed by atoms with Gasteiger partial charge < -0.3 is 9.30 Å². The number of carbonyl (C=O) groups excluding carboxylic acids is 2. The zero-order valence-corrected chi connectivity index (χ0v) is 18.3. The monoisotopic (exact) mass is 430 g/mol. The molecule has 4 rings (SSSR count). The van der Waals surface area contributed by atoms with Gasteiger partial charge in [0.05, 0.1) is 18.3 Å². The van der Waals surface area contributed by atoms with Crippen LogP contribution in [-0.2, 0) is 14.3 Å². The lowest BCUT2D eigenvalue weighted by molar-refractivity contribution is -0.136. The summed E-state index contributed by atoms with van der Waals surface area (Å²) in [5.74, 6) is -1.16. The summed E-state index contributed by atoms with van der Waals surface area (Å²) in [6.07, 6.45) is 1.73. The molecule has 0 saturated carbocycles. The van der Waals surface area contributed by atoms with Gasteiger partial charge in [0.25, 0.3) is 5.91 Å². The highest BCUT2D eigenvalue weighted by Gasteiger charge is 2.38. The highest BCUT2D eigenvalue weighted by molar-refractivity contribution is 6.23. The van der Waals surface area contributed by atoms with Crippen LogP contribution in [0.4, 0.5) is 10.1 Å². The summed E-state index contributed by atoms with van der Waals surface area (Å²) in [5.41, 5.74) is 5.11. The van der Waals surface area contributed by atoms with Crippen LogP contribution in [0.25, 0.3) is 11.8 Å². The normalized spacial score (nSPS) is 15.1. The number of nitrogens with zero attached hydrogens (tertiary/aromatic N) is 2. The topological polar surface area (TPSA) is 51.5 Å². The summed E-state index contributed by atoms with van der Waals surface area (Å²) in [6, 6.07) is 17.3. The molecule has 2 heterocycles. The fraction of sp³-hybridized carbons (Fsp3) is 0.154. The molecule has 1 aromatic heterocycles. The van der Waals surface area contributed by atoms with Gasteiger partial charge in [-0.15, -0.1) is 0 Å². The molecule has 0 atom stereocenters. The minimum atomic E-state index is -0.562. The van der Waals surface area contributed by atoms with Crippen LogP contribution >= 0.6 is 0 Å². The third kappa shape index (κ3) is 3.54. The number of hydrogen-bond acceptors (Lipinski definition) is 3. The fourth-order valence-corrected chi connectivity index (χ4v) is 4.14. The van der Waals surface area contributed by atoms with Gasteiger partial charge in [-0.2, -0.15) is 0 Å². The van der Waals surface area contributed by atoms with Crippen molar-refractivity contribution in [2.75, 3.05) is 12.0 Å². The molecule has 0 radical (unpaired) electrons. The Morgan fingerprint density at radius 2 is 1.62 bits per heavy atom. The Balaban J connectivity index is 1.84. The lowest BCUT2D eigenvalue weighted by Gasteiger charge is -2.17. The Labute approximate surface area is 186 Å². The third-order valence-corrected chi connectivity index (χ3v) is 5.66. The second kappa shape index (κ2) is 8.30. The van der Waals surface area contributed by atoms with Gasteiger partial charge in [-0.05, 0) is 74.9 Å². The van der Waals surface area contributed by atoms with Gasteiger partial charge in [0.2, 0.25) is 0 Å². The average molecular weight is 430 g/mol. The summed E-state index contributed by atoms with van der Waals surface area (Å²) >= 11 is 0. The van der Waals surface area contributed by atoms with E-state index in [1.165, 1.54) is 24.1 Å². The molecule has 0 bridgehead atoms. The summed E-state index contributed by atoms with van der Waals surface area (Å²) in [7, 11) is 1.30. The molecule has 1 aliphatic rings. The number of aromatic nitrogens is 1. The Morgan fingerprint density at radius 1 is 0.969 bits per heavy atom. The van der Waals surface area contributed by atoms with Crippen molar-refractivity contribution in [1.82, 2.24) is 4.57 Å². The molecule has 2 aromatic carbocycles. The van der Waals surface area contributed by atoms with Crippen LogP contribution in [0.2, 0.25) is 0 Å². The van der Waals surface area contributed by atoms with Crippen LogP contribution in [0.3, 0.4) is 0 Å². The zero-order chi connectivity index (χ0) is 23.0. The van der Waals surface area contributed by atoms with E-state index in [2.05, 4.69) is 0 Å². The van der Waals surface area contributed by atoms with Crippen molar-refractivity contribution < 1.29 is 18.7 Å². The van der Waals surface area contributed by atoms with Crippen LogP contribution in [0, 0.1) is 19.7 Å². The Bertz CT molecular complexity index is 1270. The molecule has 5 nitrogen and oxygen atoms in total. The second-order valence-corrected chi connectivity index (χ2v) is 7.62. The van der Waals surface area contributed by atoms with Crippen LogP contribution in [0.15, 0.2) is 77.5 Å². The largest absolute Gasteiger partial charge is 0.465 e. The van der Waals surface area contributed by atoms with Crippen molar-refractivity contribution >= 4 is 23.6 Å². The van der Waals surface area contributed by atoms with E-state index >= 15 is 0 Å². The minimum absolute atomic E-state index is 0.243. The van der Waals surface area contributed by atoms with Crippen molar-refractivity contribution in [1.29, 1.82) is 0 Å². The number of hydrogen-bond donors (Lipinski definition) is 0. The maximum absolute atomic E-state index is 13.4. The molecule has 1 amide bonds. The van der Waals surface area contributed by atoms with Crippen molar-refractivity contribution in [3.05, 3.63) is 100 Å². The number of methoxy groups -OCH3 is 1. The summed E-state index contributed by atoms with van der Waals surface area (Å²) in [6.45, 7) is 5.60. The molecule has 3 aromatic rings. The molecule has 32 heavy (non-hydrogen) atoms. The predicted octanol–water partition coefficient (Wildman–Crippen LogP) is 5.11. The first-order valence-electron chi connectivity index (χ1n) is 10.2. The molecule has 0 spiro atoms. The lowest BCUT2D eigenvalue weighted by atomic mass is 10.0. The minimum Gasteiger partial charge on any atom is -0.465 e. The van der Waals surface area contributed by atoms with Crippen LogP contribution in [0.5, 0.6) is 0 Å². The second-order valence-electron chi connectivity index (χ2n) is 7.62. The molecule has 162 valence electrons. The first kappa shape index (κ1) is 21.3. The summed E-state index contributed by atoms with van der Waals surface area (Å²) < 4.78 is 20.3. The van der Waals surface area contributed by atoms with E-state index in [0.717, 1.165) is 22.6 Å². The number of anilines is 1. The first-order valence-corrected chi connectivity index (χ1v) is 10.2. The summed E-state index contributed by atoms with van der Waals surface area (Å²) in [5, 5.41) is 0. The molecule has 1 aliphatic heterocycles. The highest BCUT2D eigenvalue weighted by Crippen LogP contribution is 2.36. The van der Waals surface area contributed by atoms with E-state index in [1.807, 2.05) is 54.8 Å². The van der Waals surface area contributed by atoms with Crippen molar-refractivity contribution in [2.45, 2.75) is 20.8 Å². The van der Waals surface area contributed by atoms with E-state index in [0.29, 0.717) is 11.4 Å². The number of amides is 1. The molecule has 0 aliphatic carbocycles. The van der Waals surface area contributed by atoms with E-state index in [4.69, 9.17) is 4.74 Å². The summed E-state index contributed by atoms with van der Waals surface area (Å²) in [4.78, 5) is 27.6. The van der Waals surface area contributed by atoms with Gasteiger partial charge in [0.1, 0.15) is 5.82 Å². The molecule has 0 unspecified atom stereocenters. The molecular formula is C26H23FN2O3. The number of aryl methyl sites for hydroxylation is 1. The molecule has 6 heteroatoms. The standard InChI is InChI=1S/C26H23FN2O3/c1-16-14-19(17(2)28(16)22-12-10-20(27)11-13-22)15-23-24(26(31)32-4)18(3)29(25(23)30)21-8-6-5-7-9-21/h5-15H,1-4H3/b23-15-. The smallest absolute Gasteiger partial charge is 0.340 e. The van der Waals surface area contributed by atoms with Gasteiger partial charge in [-0.25, -0.2) is 9.18 Å². The number of para-hydroxylation sites is 1. The number of allylic oxidation sites excluding steroid dienone is 1. The van der Waals surface area contributed by atoms with E-state index in [-0.39, 0.29) is 22.9 Å². The van der Waals surface area contributed by atoms with Crippen LogP contribution in [-0.4, -0.2) is 23.6 Å². The SMILES string of the molecule is COC(=O)C1=C(C)N(c2ccccc2)C(=O)/C1=C\c1cc(C)n(-c2ccc(F)cc2)c1C.